The lowest BCUT2D eigenvalue weighted by atomic mass is 10.1. The minimum absolute atomic E-state index is 0.0302. The number of carbonyl (C=O) groups is 1. The molecule has 148 valence electrons. The van der Waals surface area contributed by atoms with Gasteiger partial charge in [-0.1, -0.05) is 0 Å². The average molecular weight is 413 g/mol. The molecule has 0 radical (unpaired) electrons. The van der Waals surface area contributed by atoms with E-state index < -0.39 is 28.1 Å². The van der Waals surface area contributed by atoms with Crippen molar-refractivity contribution in [3.05, 3.63) is 47.9 Å². The molecule has 3 rings (SSSR count). The summed E-state index contributed by atoms with van der Waals surface area (Å²) in [6, 6.07) is 5.52. The minimum atomic E-state index is -3.83. The summed E-state index contributed by atoms with van der Waals surface area (Å²) >= 11 is 0. The van der Waals surface area contributed by atoms with E-state index in [9.17, 15) is 31.5 Å². The molecule has 0 unspecified atom stereocenters. The van der Waals surface area contributed by atoms with Crippen LogP contribution < -0.4 is 5.32 Å². The predicted octanol–water partition coefficient (Wildman–Crippen LogP) is 2.86. The molecule has 28 heavy (non-hydrogen) atoms. The van der Waals surface area contributed by atoms with Crippen LogP contribution in [-0.2, 0) is 21.1 Å². The molecule has 3 aromatic rings. The number of nitrogens with one attached hydrogen (secondary N) is 1. The molecule has 0 aliphatic rings. The fraction of sp³-hybridized carbons (Fsp3) is 0.176. The van der Waals surface area contributed by atoms with Crippen molar-refractivity contribution < 1.29 is 31.5 Å². The van der Waals surface area contributed by atoms with Gasteiger partial charge in [-0.2, -0.15) is 13.9 Å². The summed E-state index contributed by atoms with van der Waals surface area (Å²) in [4.78, 5) is 11.9. The number of anilines is 1. The summed E-state index contributed by atoms with van der Waals surface area (Å²) in [5, 5.41) is 15.8. The van der Waals surface area contributed by atoms with Gasteiger partial charge in [-0.3, -0.25) is 4.79 Å². The van der Waals surface area contributed by atoms with E-state index in [1.165, 1.54) is 6.07 Å². The highest BCUT2D eigenvalue weighted by Gasteiger charge is 2.20. The van der Waals surface area contributed by atoms with Crippen molar-refractivity contribution in [2.45, 2.75) is 17.9 Å². The number of benzene rings is 2. The van der Waals surface area contributed by atoms with Crippen molar-refractivity contribution in [1.82, 2.24) is 9.78 Å². The van der Waals surface area contributed by atoms with E-state index in [-0.39, 0.29) is 39.2 Å². The Morgan fingerprint density at radius 2 is 2.00 bits per heavy atom. The normalized spacial score (nSPS) is 11.9. The van der Waals surface area contributed by atoms with Gasteiger partial charge in [0.05, 0.1) is 11.3 Å². The molecule has 0 aliphatic heterocycles. The predicted molar refractivity (Wildman–Crippen MR) is 94.5 cm³/mol. The zero-order valence-electron chi connectivity index (χ0n) is 14.4. The van der Waals surface area contributed by atoms with Crippen molar-refractivity contribution in [3.63, 3.8) is 0 Å². The van der Waals surface area contributed by atoms with E-state index in [0.29, 0.717) is 4.68 Å². The number of aromatic nitrogens is 2. The van der Waals surface area contributed by atoms with Gasteiger partial charge in [-0.15, -0.1) is 0 Å². The monoisotopic (exact) mass is 413 g/mol. The number of amides is 1. The first-order valence-electron chi connectivity index (χ1n) is 7.83. The molecule has 0 spiro atoms. The van der Waals surface area contributed by atoms with Crippen LogP contribution in [0.1, 0.15) is 12.1 Å². The van der Waals surface area contributed by atoms with E-state index in [1.807, 2.05) is 0 Å². The van der Waals surface area contributed by atoms with Crippen LogP contribution in [0.3, 0.4) is 0 Å². The fourth-order valence-electron chi connectivity index (χ4n) is 2.65. The van der Waals surface area contributed by atoms with Gasteiger partial charge >= 0.3 is 6.55 Å². The van der Waals surface area contributed by atoms with Gasteiger partial charge in [0.15, 0.2) is 9.84 Å². The van der Waals surface area contributed by atoms with Gasteiger partial charge < -0.3 is 10.4 Å². The Morgan fingerprint density at radius 1 is 1.29 bits per heavy atom. The maximum Gasteiger partial charge on any atom is 0.333 e. The Morgan fingerprint density at radius 3 is 2.64 bits per heavy atom. The molecule has 11 heteroatoms. The highest BCUT2D eigenvalue weighted by atomic mass is 32.2. The van der Waals surface area contributed by atoms with E-state index in [0.717, 1.165) is 36.7 Å². The average Bonchev–Trinajstić information content (AvgIpc) is 3.00. The highest BCUT2D eigenvalue weighted by Crippen LogP contribution is 2.28. The molecular weight excluding hydrogens is 399 g/mol. The lowest BCUT2D eigenvalue weighted by Crippen LogP contribution is -2.15. The van der Waals surface area contributed by atoms with Crippen LogP contribution in [0, 0.1) is 5.82 Å². The SMILES string of the molecule is CS(=O)(=O)c1cc(NC(=O)Cc2cc(F)ccc2O)cc2cn(C(F)F)nc12. The molecule has 1 aromatic heterocycles. The third-order valence-corrected chi connectivity index (χ3v) is 4.98. The first kappa shape index (κ1) is 19.7. The Bertz CT molecular complexity index is 1180. The summed E-state index contributed by atoms with van der Waals surface area (Å²) in [7, 11) is -3.83. The Kier molecular flexibility index (Phi) is 5.02. The van der Waals surface area contributed by atoms with E-state index >= 15 is 0 Å². The number of aromatic hydroxyl groups is 1. The molecule has 0 saturated heterocycles. The Hall–Kier alpha value is -3.08. The lowest BCUT2D eigenvalue weighted by Gasteiger charge is -2.09. The van der Waals surface area contributed by atoms with Gasteiger partial charge in [0.2, 0.25) is 5.91 Å². The molecule has 2 aromatic carbocycles. The van der Waals surface area contributed by atoms with Crippen LogP contribution in [0.15, 0.2) is 41.4 Å². The lowest BCUT2D eigenvalue weighted by molar-refractivity contribution is -0.115. The molecule has 0 atom stereocenters. The summed E-state index contributed by atoms with van der Waals surface area (Å²) in [6.45, 7) is -2.96. The maximum absolute atomic E-state index is 13.3. The van der Waals surface area contributed by atoms with Crippen molar-refractivity contribution in [1.29, 1.82) is 0 Å². The largest absolute Gasteiger partial charge is 0.508 e. The van der Waals surface area contributed by atoms with Crippen LogP contribution in [0.2, 0.25) is 0 Å². The molecule has 0 fully saturated rings. The number of phenolic OH excluding ortho intramolecular Hbond substituents is 1. The highest BCUT2D eigenvalue weighted by molar-refractivity contribution is 7.91. The number of halogens is 3. The van der Waals surface area contributed by atoms with Crippen LogP contribution in [-0.4, -0.2) is 35.5 Å². The third-order valence-electron chi connectivity index (χ3n) is 3.87. The van der Waals surface area contributed by atoms with E-state index in [2.05, 4.69) is 10.4 Å². The number of phenols is 1. The van der Waals surface area contributed by atoms with Crippen LogP contribution in [0.5, 0.6) is 5.75 Å². The molecule has 0 aliphatic carbocycles. The minimum Gasteiger partial charge on any atom is -0.508 e. The molecule has 0 saturated carbocycles. The number of alkyl halides is 2. The van der Waals surface area contributed by atoms with Crippen molar-refractivity contribution in [2.24, 2.45) is 0 Å². The zero-order valence-corrected chi connectivity index (χ0v) is 15.2. The molecule has 0 bridgehead atoms. The Balaban J connectivity index is 1.96. The second-order valence-electron chi connectivity index (χ2n) is 6.07. The van der Waals surface area contributed by atoms with Crippen molar-refractivity contribution in [3.8, 4) is 5.75 Å². The summed E-state index contributed by atoms with van der Waals surface area (Å²) in [5.74, 6) is -1.58. The number of hydrogen-bond acceptors (Lipinski definition) is 5. The molecular formula is C17H14F3N3O4S. The standard InChI is InChI=1S/C17H14F3N3O4S/c1-28(26,27)14-7-12(5-10-8-23(17(19)20)22-16(10)14)21-15(25)6-9-4-11(18)2-3-13(9)24/h2-5,7-8,17,24H,6H2,1H3,(H,21,25). The molecule has 1 heterocycles. The molecule has 2 N–H and O–H groups in total. The number of sulfone groups is 1. The summed E-state index contributed by atoms with van der Waals surface area (Å²) < 4.78 is 63.4. The number of fused-ring (bicyclic) bond motifs is 1. The second-order valence-corrected chi connectivity index (χ2v) is 8.05. The molecule has 1 amide bonds. The smallest absolute Gasteiger partial charge is 0.333 e. The Labute approximate surface area is 157 Å². The number of nitrogens with zero attached hydrogens (tertiary/aromatic N) is 2. The third kappa shape index (κ3) is 4.09. The quantitative estimate of drug-likeness (QED) is 0.670. The maximum atomic E-state index is 13.3. The van der Waals surface area contributed by atoms with Crippen LogP contribution in [0.4, 0.5) is 18.9 Å². The summed E-state index contributed by atoms with van der Waals surface area (Å²) in [6.07, 6.45) is 1.47. The van der Waals surface area contributed by atoms with E-state index in [4.69, 9.17) is 0 Å². The van der Waals surface area contributed by atoms with Gasteiger partial charge in [0.1, 0.15) is 17.1 Å². The van der Waals surface area contributed by atoms with Gasteiger partial charge in [0, 0.05) is 29.1 Å². The van der Waals surface area contributed by atoms with Crippen LogP contribution in [0.25, 0.3) is 10.9 Å². The molecule has 7 nitrogen and oxygen atoms in total. The van der Waals surface area contributed by atoms with Gasteiger partial charge in [-0.05, 0) is 30.3 Å². The van der Waals surface area contributed by atoms with Crippen LogP contribution >= 0.6 is 0 Å². The fourth-order valence-corrected chi connectivity index (χ4v) is 3.50. The first-order valence-corrected chi connectivity index (χ1v) is 9.72. The number of hydrogen-bond donors (Lipinski definition) is 2. The number of rotatable bonds is 5. The van der Waals surface area contributed by atoms with Crippen molar-refractivity contribution >= 4 is 32.3 Å². The first-order chi connectivity index (χ1) is 13.0. The topological polar surface area (TPSA) is 101 Å². The van der Waals surface area contributed by atoms with Gasteiger partial charge in [0.25, 0.3) is 0 Å². The summed E-state index contributed by atoms with van der Waals surface area (Å²) in [5.41, 5.74) is -0.0846. The van der Waals surface area contributed by atoms with Gasteiger partial charge in [-0.25, -0.2) is 17.5 Å². The van der Waals surface area contributed by atoms with E-state index in [1.54, 1.807) is 0 Å². The van der Waals surface area contributed by atoms with Crippen molar-refractivity contribution in [2.75, 3.05) is 11.6 Å². The zero-order chi connectivity index (χ0) is 20.6. The number of carbonyl (C=O) groups excluding carboxylic acids is 1. The second kappa shape index (κ2) is 7.15.